The fourth-order valence-corrected chi connectivity index (χ4v) is 1.66. The summed E-state index contributed by atoms with van der Waals surface area (Å²) in [6, 6.07) is 8.84. The number of hydrogen-bond acceptors (Lipinski definition) is 2. The van der Waals surface area contributed by atoms with E-state index in [4.69, 9.17) is 0 Å². The minimum Gasteiger partial charge on any atom is -0.365 e. The largest absolute Gasteiger partial charge is 0.365 e. The van der Waals surface area contributed by atoms with Crippen LogP contribution in [0.3, 0.4) is 0 Å². The Labute approximate surface area is 107 Å². The van der Waals surface area contributed by atoms with Gasteiger partial charge in [-0.1, -0.05) is 19.1 Å². The van der Waals surface area contributed by atoms with Crippen molar-refractivity contribution in [3.63, 3.8) is 0 Å². The van der Waals surface area contributed by atoms with Gasteiger partial charge in [-0.25, -0.2) is 4.39 Å². The van der Waals surface area contributed by atoms with Gasteiger partial charge in [-0.2, -0.15) is 5.10 Å². The first-order valence-electron chi connectivity index (χ1n) is 6.22. The van der Waals surface area contributed by atoms with E-state index < -0.39 is 0 Å². The second-order valence-electron chi connectivity index (χ2n) is 4.42. The van der Waals surface area contributed by atoms with Crippen LogP contribution in [0.1, 0.15) is 31.9 Å². The number of nitrogens with zero attached hydrogens (tertiary/aromatic N) is 2. The molecule has 0 bridgehead atoms. The van der Waals surface area contributed by atoms with Gasteiger partial charge >= 0.3 is 0 Å². The van der Waals surface area contributed by atoms with Crippen LogP contribution in [0.2, 0.25) is 0 Å². The first kappa shape index (κ1) is 12.6. The Balaban J connectivity index is 1.94. The minimum absolute atomic E-state index is 0.209. The van der Waals surface area contributed by atoms with Gasteiger partial charge in [-0.05, 0) is 31.0 Å². The van der Waals surface area contributed by atoms with Gasteiger partial charge in [0.25, 0.3) is 0 Å². The maximum atomic E-state index is 12.7. The molecule has 0 spiro atoms. The van der Waals surface area contributed by atoms with Crippen LogP contribution in [0.5, 0.6) is 0 Å². The molecule has 0 aliphatic heterocycles. The molecule has 1 unspecified atom stereocenters. The van der Waals surface area contributed by atoms with E-state index in [2.05, 4.69) is 24.3 Å². The highest BCUT2D eigenvalue weighted by atomic mass is 19.1. The monoisotopic (exact) mass is 247 g/mol. The van der Waals surface area contributed by atoms with Gasteiger partial charge in [0.1, 0.15) is 11.6 Å². The molecular formula is C14H18FN3. The van der Waals surface area contributed by atoms with Crippen molar-refractivity contribution >= 4 is 5.82 Å². The van der Waals surface area contributed by atoms with E-state index >= 15 is 0 Å². The molecule has 0 saturated heterocycles. The molecular weight excluding hydrogens is 229 g/mol. The number of benzene rings is 1. The van der Waals surface area contributed by atoms with Gasteiger partial charge in [0, 0.05) is 24.8 Å². The van der Waals surface area contributed by atoms with Gasteiger partial charge in [-0.15, -0.1) is 0 Å². The number of rotatable bonds is 5. The third-order valence-corrected chi connectivity index (χ3v) is 3.04. The molecule has 2 rings (SSSR count). The Morgan fingerprint density at radius 1 is 1.28 bits per heavy atom. The second-order valence-corrected chi connectivity index (χ2v) is 4.42. The molecule has 1 N–H and O–H groups in total. The Morgan fingerprint density at radius 3 is 2.67 bits per heavy atom. The summed E-state index contributed by atoms with van der Waals surface area (Å²) < 4.78 is 14.7. The molecule has 18 heavy (non-hydrogen) atoms. The molecule has 0 amide bonds. The average molecular weight is 247 g/mol. The molecule has 1 heterocycles. The fraction of sp³-hybridized carbons (Fsp3) is 0.357. The Bertz CT molecular complexity index is 490. The number of nitrogens with one attached hydrogen (secondary N) is 1. The molecule has 0 radical (unpaired) electrons. The smallest absolute Gasteiger partial charge is 0.148 e. The lowest BCUT2D eigenvalue weighted by Crippen LogP contribution is -2.06. The third-order valence-electron chi connectivity index (χ3n) is 3.04. The van der Waals surface area contributed by atoms with Gasteiger partial charge in [0.15, 0.2) is 0 Å². The quantitative estimate of drug-likeness (QED) is 0.874. The van der Waals surface area contributed by atoms with Crippen molar-refractivity contribution in [1.82, 2.24) is 9.78 Å². The van der Waals surface area contributed by atoms with Crippen LogP contribution in [0.15, 0.2) is 36.5 Å². The molecule has 1 aromatic heterocycles. The van der Waals surface area contributed by atoms with Crippen molar-refractivity contribution < 1.29 is 4.39 Å². The van der Waals surface area contributed by atoms with Gasteiger partial charge in [0.2, 0.25) is 0 Å². The highest BCUT2D eigenvalue weighted by Gasteiger charge is 2.04. The predicted octanol–water partition coefficient (Wildman–Crippen LogP) is 3.61. The lowest BCUT2D eigenvalue weighted by molar-refractivity contribution is 0.479. The lowest BCUT2D eigenvalue weighted by atomic mass is 10.2. The van der Waals surface area contributed by atoms with Crippen LogP contribution in [0, 0.1) is 5.82 Å². The van der Waals surface area contributed by atoms with Crippen molar-refractivity contribution in [3.05, 3.63) is 47.9 Å². The van der Waals surface area contributed by atoms with Crippen molar-refractivity contribution in [2.24, 2.45) is 0 Å². The number of anilines is 1. The summed E-state index contributed by atoms with van der Waals surface area (Å²) in [4.78, 5) is 0. The van der Waals surface area contributed by atoms with Crippen LogP contribution in [-0.2, 0) is 6.54 Å². The number of aromatic nitrogens is 2. The van der Waals surface area contributed by atoms with Gasteiger partial charge < -0.3 is 5.32 Å². The second kappa shape index (κ2) is 5.67. The van der Waals surface area contributed by atoms with Crippen LogP contribution in [-0.4, -0.2) is 9.78 Å². The normalized spacial score (nSPS) is 12.4. The molecule has 1 atom stereocenters. The average Bonchev–Trinajstić information content (AvgIpc) is 2.86. The highest BCUT2D eigenvalue weighted by Crippen LogP contribution is 2.12. The first-order valence-corrected chi connectivity index (χ1v) is 6.22. The third kappa shape index (κ3) is 3.09. The summed E-state index contributed by atoms with van der Waals surface area (Å²) in [5.41, 5.74) is 1.04. The molecule has 1 aromatic carbocycles. The lowest BCUT2D eigenvalue weighted by Gasteiger charge is -2.08. The van der Waals surface area contributed by atoms with E-state index in [0.717, 1.165) is 17.8 Å². The molecule has 3 nitrogen and oxygen atoms in total. The van der Waals surface area contributed by atoms with Crippen LogP contribution in [0.25, 0.3) is 0 Å². The molecule has 0 fully saturated rings. The first-order chi connectivity index (χ1) is 8.69. The highest BCUT2D eigenvalue weighted by molar-refractivity contribution is 5.34. The fourth-order valence-electron chi connectivity index (χ4n) is 1.66. The van der Waals surface area contributed by atoms with Crippen molar-refractivity contribution in [1.29, 1.82) is 0 Å². The van der Waals surface area contributed by atoms with Crippen LogP contribution >= 0.6 is 0 Å². The van der Waals surface area contributed by atoms with E-state index in [9.17, 15) is 4.39 Å². The topological polar surface area (TPSA) is 29.9 Å². The predicted molar refractivity (Wildman–Crippen MR) is 71.0 cm³/mol. The van der Waals surface area contributed by atoms with E-state index in [-0.39, 0.29) is 5.82 Å². The molecule has 0 aliphatic carbocycles. The minimum atomic E-state index is -0.209. The molecule has 4 heteroatoms. The zero-order chi connectivity index (χ0) is 13.0. The van der Waals surface area contributed by atoms with Crippen molar-refractivity contribution in [2.75, 3.05) is 5.32 Å². The Hall–Kier alpha value is -1.84. The maximum absolute atomic E-state index is 12.7. The maximum Gasteiger partial charge on any atom is 0.148 e. The number of hydrogen-bond donors (Lipinski definition) is 1. The standard InChI is InChI=1S/C14H18FN3/c1-3-11(2)18-9-8-14(17-18)16-10-12-4-6-13(15)7-5-12/h4-9,11H,3,10H2,1-2H3,(H,16,17). The molecule has 2 aromatic rings. The van der Waals surface area contributed by atoms with E-state index in [0.29, 0.717) is 12.6 Å². The van der Waals surface area contributed by atoms with E-state index in [1.165, 1.54) is 12.1 Å². The van der Waals surface area contributed by atoms with Gasteiger partial charge in [-0.3, -0.25) is 4.68 Å². The van der Waals surface area contributed by atoms with E-state index in [1.54, 1.807) is 12.1 Å². The Morgan fingerprint density at radius 2 is 2.00 bits per heavy atom. The summed E-state index contributed by atoms with van der Waals surface area (Å²) >= 11 is 0. The van der Waals surface area contributed by atoms with Gasteiger partial charge in [0.05, 0.1) is 0 Å². The molecule has 96 valence electrons. The summed E-state index contributed by atoms with van der Waals surface area (Å²) in [7, 11) is 0. The van der Waals surface area contributed by atoms with Crippen molar-refractivity contribution in [2.45, 2.75) is 32.9 Å². The van der Waals surface area contributed by atoms with Crippen LogP contribution < -0.4 is 5.32 Å². The Kier molecular flexibility index (Phi) is 3.97. The summed E-state index contributed by atoms with van der Waals surface area (Å²) in [6.07, 6.45) is 3.03. The SMILES string of the molecule is CCC(C)n1ccc(NCc2ccc(F)cc2)n1. The summed E-state index contributed by atoms with van der Waals surface area (Å²) in [5, 5.41) is 7.67. The number of halogens is 1. The summed E-state index contributed by atoms with van der Waals surface area (Å²) in [5.74, 6) is 0.638. The molecule has 0 aliphatic rings. The zero-order valence-corrected chi connectivity index (χ0v) is 10.7. The van der Waals surface area contributed by atoms with E-state index in [1.807, 2.05) is 16.9 Å². The van der Waals surface area contributed by atoms with Crippen molar-refractivity contribution in [3.8, 4) is 0 Å². The summed E-state index contributed by atoms with van der Waals surface area (Å²) in [6.45, 7) is 4.92. The molecule has 0 saturated carbocycles. The van der Waals surface area contributed by atoms with Crippen LogP contribution in [0.4, 0.5) is 10.2 Å². The zero-order valence-electron chi connectivity index (χ0n) is 10.7.